The van der Waals surface area contributed by atoms with E-state index in [4.69, 9.17) is 4.98 Å². The van der Waals surface area contributed by atoms with E-state index in [9.17, 15) is 0 Å². The summed E-state index contributed by atoms with van der Waals surface area (Å²) in [6.07, 6.45) is 0.878. The number of nitrogens with zero attached hydrogens (tertiary/aromatic N) is 2. The van der Waals surface area contributed by atoms with Crippen molar-refractivity contribution in [3.63, 3.8) is 0 Å². The molecule has 44 heavy (non-hydrogen) atoms. The average Bonchev–Trinajstić information content (AvgIpc) is 3.57. The molecule has 0 saturated carbocycles. The van der Waals surface area contributed by atoms with Crippen molar-refractivity contribution < 1.29 is 0 Å². The molecule has 0 fully saturated rings. The second-order valence-electron chi connectivity index (χ2n) is 12.6. The number of benzene rings is 7. The minimum absolute atomic E-state index is 0.131. The molecule has 2 nitrogen and oxygen atoms in total. The number of fused-ring (bicyclic) bond motifs is 11. The third-order valence-electron chi connectivity index (χ3n) is 9.86. The van der Waals surface area contributed by atoms with Gasteiger partial charge in [0.25, 0.3) is 0 Å². The minimum Gasteiger partial charge on any atom is -0.296 e. The highest BCUT2D eigenvalue weighted by atomic mass is 15.1. The lowest BCUT2D eigenvalue weighted by atomic mass is 9.77. The zero-order chi connectivity index (χ0) is 29.6. The molecule has 0 bridgehead atoms. The van der Waals surface area contributed by atoms with E-state index in [1.54, 1.807) is 0 Å². The third-order valence-corrected chi connectivity index (χ3v) is 9.86. The minimum atomic E-state index is -0.131. The van der Waals surface area contributed by atoms with E-state index < -0.39 is 0 Å². The number of hydrogen-bond donors (Lipinski definition) is 0. The maximum atomic E-state index is 4.92. The molecule has 0 spiro atoms. The van der Waals surface area contributed by atoms with Gasteiger partial charge >= 0.3 is 0 Å². The van der Waals surface area contributed by atoms with Crippen LogP contribution in [0.3, 0.4) is 0 Å². The Morgan fingerprint density at radius 2 is 1.30 bits per heavy atom. The molecule has 1 aromatic heterocycles. The molecule has 0 amide bonds. The van der Waals surface area contributed by atoms with Gasteiger partial charge in [0.05, 0.1) is 11.0 Å². The van der Waals surface area contributed by atoms with Gasteiger partial charge in [-0.05, 0) is 96.0 Å². The molecule has 0 radical (unpaired) electrons. The van der Waals surface area contributed by atoms with Crippen LogP contribution in [0.15, 0.2) is 127 Å². The normalized spacial score (nSPS) is 13.6. The molecule has 0 unspecified atom stereocenters. The summed E-state index contributed by atoms with van der Waals surface area (Å²) in [5.41, 5.74) is 11.3. The maximum absolute atomic E-state index is 4.92. The van der Waals surface area contributed by atoms with Gasteiger partial charge in [-0.3, -0.25) is 4.57 Å². The van der Waals surface area contributed by atoms with Crippen LogP contribution in [-0.4, -0.2) is 9.55 Å². The molecule has 7 aromatic carbocycles. The summed E-state index contributed by atoms with van der Waals surface area (Å²) in [7, 11) is 0. The molecular formula is C42H32N2. The van der Waals surface area contributed by atoms with Crippen molar-refractivity contribution in [1.29, 1.82) is 0 Å². The lowest BCUT2D eigenvalue weighted by Crippen LogP contribution is -2.16. The quantitative estimate of drug-likeness (QED) is 0.195. The summed E-state index contributed by atoms with van der Waals surface area (Å²) < 4.78 is 2.31. The summed E-state index contributed by atoms with van der Waals surface area (Å²) in [5.74, 6) is 1.08. The van der Waals surface area contributed by atoms with Crippen molar-refractivity contribution in [2.45, 2.75) is 32.6 Å². The second-order valence-corrected chi connectivity index (χ2v) is 12.6. The van der Waals surface area contributed by atoms with E-state index in [-0.39, 0.29) is 5.41 Å². The van der Waals surface area contributed by atoms with Crippen LogP contribution in [0.1, 0.15) is 37.7 Å². The largest absolute Gasteiger partial charge is 0.296 e. The predicted octanol–water partition coefficient (Wildman–Crippen LogP) is 11.0. The molecule has 1 aliphatic rings. The SMILES string of the molecule is CCc1nc2ccccc2n1-c1cccc(-c2ccc3c4c(ccc3c2)-c2c(c3ccccc3c3ccccc23)C4(C)C)c1. The number of aryl methyl sites for hydroxylation is 1. The number of imidazole rings is 1. The van der Waals surface area contributed by atoms with Crippen molar-refractivity contribution in [1.82, 2.24) is 9.55 Å². The standard InChI is InChI=1S/C42H32N2/c1-4-38-43-36-18-9-10-19-37(36)44(38)29-13-11-12-26(25-29)27-20-22-30-28(24-27)21-23-35-39-33-16-7-5-14-31(33)32-15-6-8-17-34(32)41(39)42(2,3)40(30)35/h5-25H,4H2,1-3H3. The van der Waals surface area contributed by atoms with Crippen LogP contribution in [0.25, 0.3) is 71.3 Å². The summed E-state index contributed by atoms with van der Waals surface area (Å²) in [5, 5.41) is 8.00. The van der Waals surface area contributed by atoms with Crippen molar-refractivity contribution >= 4 is 43.4 Å². The number of hydrogen-bond acceptors (Lipinski definition) is 1. The smallest absolute Gasteiger partial charge is 0.114 e. The van der Waals surface area contributed by atoms with Crippen LogP contribution in [0.2, 0.25) is 0 Å². The van der Waals surface area contributed by atoms with Gasteiger partial charge in [-0.1, -0.05) is 118 Å². The van der Waals surface area contributed by atoms with Crippen LogP contribution in [0, 0.1) is 0 Å². The molecule has 2 heteroatoms. The van der Waals surface area contributed by atoms with Crippen LogP contribution < -0.4 is 0 Å². The molecule has 1 heterocycles. The first-order chi connectivity index (χ1) is 21.5. The van der Waals surface area contributed by atoms with Gasteiger partial charge in [0.1, 0.15) is 5.82 Å². The Balaban J connectivity index is 1.23. The Morgan fingerprint density at radius 3 is 2.11 bits per heavy atom. The van der Waals surface area contributed by atoms with E-state index in [0.29, 0.717) is 0 Å². The van der Waals surface area contributed by atoms with Gasteiger partial charge in [0, 0.05) is 17.5 Å². The first kappa shape index (κ1) is 25.3. The van der Waals surface area contributed by atoms with E-state index in [2.05, 4.69) is 153 Å². The molecule has 9 rings (SSSR count). The van der Waals surface area contributed by atoms with Crippen molar-refractivity contribution in [3.05, 3.63) is 144 Å². The fourth-order valence-corrected chi connectivity index (χ4v) is 8.01. The molecule has 1 aliphatic carbocycles. The maximum Gasteiger partial charge on any atom is 0.114 e. The summed E-state index contributed by atoms with van der Waals surface area (Å²) in [6.45, 7) is 7.00. The van der Waals surface area contributed by atoms with Crippen molar-refractivity contribution in [2.75, 3.05) is 0 Å². The van der Waals surface area contributed by atoms with Gasteiger partial charge in [-0.25, -0.2) is 4.98 Å². The molecule has 8 aromatic rings. The summed E-state index contributed by atoms with van der Waals surface area (Å²) >= 11 is 0. The van der Waals surface area contributed by atoms with Gasteiger partial charge in [-0.15, -0.1) is 0 Å². The van der Waals surface area contributed by atoms with Crippen LogP contribution in [0.4, 0.5) is 0 Å². The Morgan fingerprint density at radius 1 is 0.591 bits per heavy atom. The van der Waals surface area contributed by atoms with E-state index >= 15 is 0 Å². The molecule has 0 saturated heterocycles. The van der Waals surface area contributed by atoms with Crippen molar-refractivity contribution in [3.8, 4) is 27.9 Å². The third kappa shape index (κ3) is 3.40. The Hall–Kier alpha value is -5.21. The lowest BCUT2D eigenvalue weighted by Gasteiger charge is -2.25. The Kier molecular flexibility index (Phi) is 5.26. The fourth-order valence-electron chi connectivity index (χ4n) is 8.01. The summed E-state index contributed by atoms with van der Waals surface area (Å²) in [6, 6.07) is 46.9. The average molecular weight is 565 g/mol. The van der Waals surface area contributed by atoms with E-state index in [0.717, 1.165) is 29.0 Å². The van der Waals surface area contributed by atoms with Crippen molar-refractivity contribution in [2.24, 2.45) is 0 Å². The molecule has 0 aliphatic heterocycles. The highest BCUT2D eigenvalue weighted by Crippen LogP contribution is 2.56. The topological polar surface area (TPSA) is 17.8 Å². The highest BCUT2D eigenvalue weighted by molar-refractivity contribution is 6.19. The second kappa shape index (κ2) is 9.14. The van der Waals surface area contributed by atoms with Crippen LogP contribution in [0.5, 0.6) is 0 Å². The van der Waals surface area contributed by atoms with Gasteiger partial charge in [-0.2, -0.15) is 0 Å². The monoisotopic (exact) mass is 564 g/mol. The number of para-hydroxylation sites is 2. The van der Waals surface area contributed by atoms with Crippen LogP contribution >= 0.6 is 0 Å². The molecule has 210 valence electrons. The first-order valence-electron chi connectivity index (χ1n) is 15.6. The zero-order valence-corrected chi connectivity index (χ0v) is 25.2. The molecule has 0 atom stereocenters. The lowest BCUT2D eigenvalue weighted by molar-refractivity contribution is 0.672. The van der Waals surface area contributed by atoms with Gasteiger partial charge in [0.2, 0.25) is 0 Å². The first-order valence-corrected chi connectivity index (χ1v) is 15.6. The molecule has 0 N–H and O–H groups in total. The Bertz CT molecular complexity index is 2460. The molecular weight excluding hydrogens is 532 g/mol. The zero-order valence-electron chi connectivity index (χ0n) is 25.2. The van der Waals surface area contributed by atoms with E-state index in [1.165, 1.54) is 65.7 Å². The van der Waals surface area contributed by atoms with Gasteiger partial charge in [0.15, 0.2) is 0 Å². The number of aromatic nitrogens is 2. The fraction of sp³-hybridized carbons (Fsp3) is 0.119. The number of rotatable bonds is 3. The predicted molar refractivity (Wildman–Crippen MR) is 186 cm³/mol. The van der Waals surface area contributed by atoms with Gasteiger partial charge < -0.3 is 0 Å². The highest BCUT2D eigenvalue weighted by Gasteiger charge is 2.39. The summed E-state index contributed by atoms with van der Waals surface area (Å²) in [4.78, 5) is 4.92. The van der Waals surface area contributed by atoms with Crippen LogP contribution in [-0.2, 0) is 11.8 Å². The van der Waals surface area contributed by atoms with E-state index in [1.807, 2.05) is 0 Å². The Labute approximate surface area is 257 Å².